The molecule has 0 radical (unpaired) electrons. The minimum absolute atomic E-state index is 0.0270. The molecule has 2 heterocycles. The summed E-state index contributed by atoms with van der Waals surface area (Å²) in [6.07, 6.45) is 0.756. The van der Waals surface area contributed by atoms with Crippen molar-refractivity contribution in [1.82, 2.24) is 20.4 Å². The molecule has 1 aromatic heterocycles. The first kappa shape index (κ1) is 19.6. The summed E-state index contributed by atoms with van der Waals surface area (Å²) in [4.78, 5) is 12.2. The fraction of sp³-hybridized carbons (Fsp3) is 0.524. The number of β-amino-alcohol motifs (C(OH)–C–C–N with tert-alkyl or cyclic N) is 1. The monoisotopic (exact) mass is 370 g/mol. The van der Waals surface area contributed by atoms with E-state index in [2.05, 4.69) is 53.8 Å². The van der Waals surface area contributed by atoms with Crippen LogP contribution >= 0.6 is 0 Å². The summed E-state index contributed by atoms with van der Waals surface area (Å²) < 4.78 is 2.02. The van der Waals surface area contributed by atoms with E-state index in [1.54, 1.807) is 0 Å². The summed E-state index contributed by atoms with van der Waals surface area (Å²) in [5, 5.41) is 20.5. The fourth-order valence-electron chi connectivity index (χ4n) is 3.62. The Morgan fingerprint density at radius 1 is 1.26 bits per heavy atom. The maximum atomic E-state index is 12.2. The molecule has 2 unspecified atom stereocenters. The highest BCUT2D eigenvalue weighted by Crippen LogP contribution is 2.17. The molecule has 1 fully saturated rings. The maximum absolute atomic E-state index is 12.2. The normalized spacial score (nSPS) is 19.4. The Hall–Kier alpha value is -2.18. The molecular weight excluding hydrogens is 340 g/mol. The van der Waals surface area contributed by atoms with E-state index in [1.807, 2.05) is 11.6 Å². The number of aryl methyl sites for hydroxylation is 2. The molecule has 27 heavy (non-hydrogen) atoms. The quantitative estimate of drug-likeness (QED) is 0.690. The van der Waals surface area contributed by atoms with Gasteiger partial charge in [0.05, 0.1) is 18.3 Å². The zero-order valence-corrected chi connectivity index (χ0v) is 16.5. The SMILES string of the molecule is Cc1ccc(Cn2nc(C)c(CCC(=O)NCC3CNCC3O)c2C)cc1. The number of hydrogen-bond donors (Lipinski definition) is 3. The third-order valence-corrected chi connectivity index (χ3v) is 5.45. The van der Waals surface area contributed by atoms with Gasteiger partial charge in [0.15, 0.2) is 0 Å². The van der Waals surface area contributed by atoms with Gasteiger partial charge in [0.1, 0.15) is 0 Å². The average Bonchev–Trinajstić information content (AvgIpc) is 3.16. The van der Waals surface area contributed by atoms with Gasteiger partial charge >= 0.3 is 0 Å². The summed E-state index contributed by atoms with van der Waals surface area (Å²) in [5.41, 5.74) is 5.73. The largest absolute Gasteiger partial charge is 0.391 e. The van der Waals surface area contributed by atoms with Gasteiger partial charge in [-0.15, -0.1) is 0 Å². The molecule has 3 rings (SSSR count). The Bertz CT molecular complexity index is 782. The van der Waals surface area contributed by atoms with E-state index in [0.717, 1.165) is 30.0 Å². The number of benzene rings is 1. The van der Waals surface area contributed by atoms with Gasteiger partial charge in [-0.3, -0.25) is 9.48 Å². The van der Waals surface area contributed by atoms with E-state index in [-0.39, 0.29) is 17.9 Å². The van der Waals surface area contributed by atoms with Crippen molar-refractivity contribution in [2.45, 2.75) is 46.3 Å². The van der Waals surface area contributed by atoms with Gasteiger partial charge in [0, 0.05) is 37.7 Å². The maximum Gasteiger partial charge on any atom is 0.220 e. The molecule has 1 saturated heterocycles. The van der Waals surface area contributed by atoms with Crippen molar-refractivity contribution in [3.05, 3.63) is 52.3 Å². The molecule has 6 heteroatoms. The molecule has 146 valence electrons. The molecule has 1 amide bonds. The van der Waals surface area contributed by atoms with Crippen molar-refractivity contribution in [1.29, 1.82) is 0 Å². The van der Waals surface area contributed by atoms with Crippen LogP contribution in [-0.4, -0.2) is 46.5 Å². The first-order valence-electron chi connectivity index (χ1n) is 9.68. The molecule has 0 aliphatic carbocycles. The number of nitrogens with one attached hydrogen (secondary N) is 2. The Labute approximate surface area is 161 Å². The van der Waals surface area contributed by atoms with Gasteiger partial charge in [0.25, 0.3) is 0 Å². The number of aliphatic hydroxyl groups is 1. The predicted molar refractivity (Wildman–Crippen MR) is 106 cm³/mol. The van der Waals surface area contributed by atoms with Crippen LogP contribution in [0, 0.1) is 26.7 Å². The van der Waals surface area contributed by atoms with Crippen molar-refractivity contribution in [2.75, 3.05) is 19.6 Å². The lowest BCUT2D eigenvalue weighted by molar-refractivity contribution is -0.121. The second-order valence-corrected chi connectivity index (χ2v) is 7.58. The average molecular weight is 370 g/mol. The van der Waals surface area contributed by atoms with Crippen molar-refractivity contribution < 1.29 is 9.90 Å². The van der Waals surface area contributed by atoms with Gasteiger partial charge in [-0.2, -0.15) is 5.10 Å². The molecule has 6 nitrogen and oxygen atoms in total. The topological polar surface area (TPSA) is 79.2 Å². The molecule has 3 N–H and O–H groups in total. The number of nitrogens with zero attached hydrogens (tertiary/aromatic N) is 2. The van der Waals surface area contributed by atoms with Crippen LogP contribution in [0.4, 0.5) is 0 Å². The van der Waals surface area contributed by atoms with E-state index >= 15 is 0 Å². The molecule has 2 atom stereocenters. The lowest BCUT2D eigenvalue weighted by atomic mass is 10.1. The van der Waals surface area contributed by atoms with Crippen LogP contribution in [-0.2, 0) is 17.8 Å². The van der Waals surface area contributed by atoms with Crippen molar-refractivity contribution >= 4 is 5.91 Å². The Morgan fingerprint density at radius 3 is 2.67 bits per heavy atom. The van der Waals surface area contributed by atoms with Crippen molar-refractivity contribution in [3.8, 4) is 0 Å². The highest BCUT2D eigenvalue weighted by Gasteiger charge is 2.25. The van der Waals surface area contributed by atoms with Gasteiger partial charge in [-0.25, -0.2) is 0 Å². The van der Waals surface area contributed by atoms with Gasteiger partial charge in [-0.1, -0.05) is 29.8 Å². The van der Waals surface area contributed by atoms with E-state index in [9.17, 15) is 9.90 Å². The molecule has 0 bridgehead atoms. The molecule has 0 saturated carbocycles. The lowest BCUT2D eigenvalue weighted by Gasteiger charge is -2.14. The second-order valence-electron chi connectivity index (χ2n) is 7.58. The van der Waals surface area contributed by atoms with Crippen LogP contribution in [0.15, 0.2) is 24.3 Å². The predicted octanol–water partition coefficient (Wildman–Crippen LogP) is 1.49. The number of amides is 1. The number of carbonyl (C=O) groups is 1. The van der Waals surface area contributed by atoms with Gasteiger partial charge < -0.3 is 15.7 Å². The number of rotatable bonds is 7. The van der Waals surface area contributed by atoms with E-state index in [4.69, 9.17) is 0 Å². The Kier molecular flexibility index (Phi) is 6.29. The molecule has 0 spiro atoms. The Balaban J connectivity index is 1.54. The smallest absolute Gasteiger partial charge is 0.220 e. The molecule has 1 aromatic carbocycles. The van der Waals surface area contributed by atoms with Crippen LogP contribution in [0.1, 0.15) is 34.5 Å². The third kappa shape index (κ3) is 4.96. The summed E-state index contributed by atoms with van der Waals surface area (Å²) in [6, 6.07) is 8.49. The van der Waals surface area contributed by atoms with Crippen LogP contribution in [0.3, 0.4) is 0 Å². The minimum Gasteiger partial charge on any atom is -0.391 e. The number of aromatic nitrogens is 2. The highest BCUT2D eigenvalue weighted by atomic mass is 16.3. The van der Waals surface area contributed by atoms with Crippen molar-refractivity contribution in [3.63, 3.8) is 0 Å². The lowest BCUT2D eigenvalue weighted by Crippen LogP contribution is -2.34. The van der Waals surface area contributed by atoms with Gasteiger partial charge in [-0.05, 0) is 38.3 Å². The first-order chi connectivity index (χ1) is 12.9. The highest BCUT2D eigenvalue weighted by molar-refractivity contribution is 5.76. The van der Waals surface area contributed by atoms with Crippen LogP contribution in [0.5, 0.6) is 0 Å². The summed E-state index contributed by atoms with van der Waals surface area (Å²) in [7, 11) is 0. The number of aliphatic hydroxyl groups excluding tert-OH is 1. The molecule has 1 aliphatic rings. The van der Waals surface area contributed by atoms with E-state index in [0.29, 0.717) is 25.9 Å². The summed E-state index contributed by atoms with van der Waals surface area (Å²) in [6.45, 7) is 8.79. The standard InChI is InChI=1S/C21H30N4O2/c1-14-4-6-17(7-5-14)13-25-16(3)19(15(2)24-25)8-9-21(27)23-11-18-10-22-12-20(18)26/h4-7,18,20,22,26H,8-13H2,1-3H3,(H,23,27). The van der Waals surface area contributed by atoms with E-state index in [1.165, 1.54) is 11.1 Å². The van der Waals surface area contributed by atoms with Crippen LogP contribution in [0.2, 0.25) is 0 Å². The summed E-state index contributed by atoms with van der Waals surface area (Å²) >= 11 is 0. The fourth-order valence-corrected chi connectivity index (χ4v) is 3.62. The van der Waals surface area contributed by atoms with Crippen LogP contribution in [0.25, 0.3) is 0 Å². The minimum atomic E-state index is -0.366. The zero-order valence-electron chi connectivity index (χ0n) is 16.5. The van der Waals surface area contributed by atoms with Gasteiger partial charge in [0.2, 0.25) is 5.91 Å². The molecule has 1 aliphatic heterocycles. The zero-order chi connectivity index (χ0) is 19.4. The van der Waals surface area contributed by atoms with E-state index < -0.39 is 0 Å². The Morgan fingerprint density at radius 2 is 2.00 bits per heavy atom. The molecule has 2 aromatic rings. The van der Waals surface area contributed by atoms with Crippen LogP contribution < -0.4 is 10.6 Å². The second kappa shape index (κ2) is 8.67. The molecular formula is C21H30N4O2. The third-order valence-electron chi connectivity index (χ3n) is 5.45. The first-order valence-corrected chi connectivity index (χ1v) is 9.68. The van der Waals surface area contributed by atoms with Crippen molar-refractivity contribution in [2.24, 2.45) is 5.92 Å². The summed E-state index contributed by atoms with van der Waals surface area (Å²) in [5.74, 6) is 0.133. The number of hydrogen-bond acceptors (Lipinski definition) is 4. The number of carbonyl (C=O) groups excluding carboxylic acids is 1.